The van der Waals surface area contributed by atoms with E-state index in [4.69, 9.17) is 25.6 Å². The summed E-state index contributed by atoms with van der Waals surface area (Å²) in [7, 11) is 0. The Morgan fingerprint density at radius 1 is 1.08 bits per heavy atom. The first-order valence-corrected chi connectivity index (χ1v) is 0.748. The fraction of sp³-hybridized carbons (Fsp3) is 0. The van der Waals surface area contributed by atoms with Gasteiger partial charge in [-0.05, 0) is 0 Å². The molecule has 0 atom stereocenters. The minimum absolute atomic E-state index is 0. The fourth-order valence-corrected chi connectivity index (χ4v) is 0. The zero-order chi connectivity index (χ0) is 5.58. The summed E-state index contributed by atoms with van der Waals surface area (Å²) in [4.78, 5) is 8.36. The van der Waals surface area contributed by atoms with E-state index in [1.165, 1.54) is 0 Å². The van der Waals surface area contributed by atoms with Crippen LogP contribution in [0.3, 0.4) is 0 Å². The Balaban J connectivity index is -0.00000000317. The van der Waals surface area contributed by atoms with Crippen molar-refractivity contribution in [2.24, 2.45) is 0 Å². The van der Waals surface area contributed by atoms with Crippen molar-refractivity contribution >= 4 is 0 Å². The van der Waals surface area contributed by atoms with Gasteiger partial charge in [0.15, 0.2) is 0 Å². The molecule has 11 nitrogen and oxygen atoms in total. The second kappa shape index (κ2) is 181. The van der Waals surface area contributed by atoms with E-state index in [9.17, 15) is 0 Å². The molecule has 0 aliphatic rings. The SMILES string of the molecule is N#[O+].O=[N+]([O-])O.[Co].[NH2-].[NH2-].[NH2-].[NH2-].[NH2-]. The standard InChI is InChI=1S/Co.HNO3.NO.5H2N/c;2-1(3)4;1-2;;;;;/h;(H,2,3,4);;5*1H2/q;;+1;5*-1. The van der Waals surface area contributed by atoms with Crippen LogP contribution in [0, 0.1) is 15.6 Å². The van der Waals surface area contributed by atoms with Gasteiger partial charge in [0, 0.05) is 16.8 Å². The van der Waals surface area contributed by atoms with Crippen molar-refractivity contribution in [3.05, 3.63) is 40.9 Å². The maximum atomic E-state index is 8.36. The minimum Gasteiger partial charge on any atom is -0.693 e. The fourth-order valence-electron chi connectivity index (χ4n) is 0. The van der Waals surface area contributed by atoms with E-state index < -0.39 is 5.09 Å². The summed E-state index contributed by atoms with van der Waals surface area (Å²) in [5.74, 6) is 0. The van der Waals surface area contributed by atoms with Gasteiger partial charge in [-0.3, -0.25) is 0 Å². The Bertz CT molecular complexity index is 59.7. The van der Waals surface area contributed by atoms with Crippen molar-refractivity contribution < 1.29 is 31.8 Å². The largest absolute Gasteiger partial charge is 0.693 e. The summed E-state index contributed by atoms with van der Waals surface area (Å²) in [5.41, 5.74) is 5.75. The van der Waals surface area contributed by atoms with Gasteiger partial charge in [0.1, 0.15) is 0 Å². The Labute approximate surface area is 79.0 Å². The molecular weight excluding hydrogens is 221 g/mol. The summed E-state index contributed by atoms with van der Waals surface area (Å²) in [5, 5.41) is 13.6. The topological polar surface area (TPSA) is 275 Å². The van der Waals surface area contributed by atoms with E-state index in [1.807, 2.05) is 0 Å². The van der Waals surface area contributed by atoms with Gasteiger partial charge in [0.2, 0.25) is 0 Å². The number of hydrogen-bond donors (Lipinski definition) is 1. The molecule has 12 heteroatoms. The van der Waals surface area contributed by atoms with Gasteiger partial charge < -0.3 is 36.0 Å². The zero-order valence-electron chi connectivity index (χ0n) is 5.79. The minimum atomic E-state index is -1.50. The van der Waals surface area contributed by atoms with Crippen LogP contribution in [0.25, 0.3) is 30.8 Å². The van der Waals surface area contributed by atoms with Gasteiger partial charge in [-0.1, -0.05) is 0 Å². The maximum Gasteiger partial charge on any atom is 0.291 e. The van der Waals surface area contributed by atoms with Crippen LogP contribution < -0.4 is 0 Å². The third kappa shape index (κ3) is 905. The molecule has 0 spiro atoms. The Morgan fingerprint density at radius 3 is 1.08 bits per heavy atom. The predicted molar refractivity (Wildman–Crippen MR) is 37.6 cm³/mol. The van der Waals surface area contributed by atoms with Gasteiger partial charge in [0.05, 0.1) is 0 Å². The van der Waals surface area contributed by atoms with Crippen molar-refractivity contribution in [1.29, 1.82) is 5.46 Å². The van der Waals surface area contributed by atoms with Crippen molar-refractivity contribution in [2.75, 3.05) is 0 Å². The molecule has 0 aromatic heterocycles. The number of nitrogens with two attached hydrogens (primary N) is 5. The summed E-state index contributed by atoms with van der Waals surface area (Å²) in [6.07, 6.45) is 0. The maximum absolute atomic E-state index is 8.36. The number of rotatable bonds is 0. The van der Waals surface area contributed by atoms with E-state index in [0.29, 0.717) is 0 Å². The molecule has 0 amide bonds. The average Bonchev–Trinajstić information content (AvgIpc) is 1.41. The molecule has 0 heterocycles. The average molecular weight is 232 g/mol. The molecule has 0 rings (SSSR count). The number of nitrogens with zero attached hydrogens (tertiary/aromatic N) is 2. The van der Waals surface area contributed by atoms with E-state index in [-0.39, 0.29) is 47.5 Å². The van der Waals surface area contributed by atoms with Gasteiger partial charge in [-0.15, -0.1) is 10.1 Å². The van der Waals surface area contributed by atoms with E-state index in [2.05, 4.69) is 0 Å². The van der Waals surface area contributed by atoms with Crippen molar-refractivity contribution in [2.45, 2.75) is 0 Å². The molecule has 1 radical (unpaired) electrons. The first-order valence-electron chi connectivity index (χ1n) is 0.748. The molecule has 0 aliphatic heterocycles. The van der Waals surface area contributed by atoms with E-state index >= 15 is 0 Å². The predicted octanol–water partition coefficient (Wildman–Crippen LogP) is 3.13. The van der Waals surface area contributed by atoms with Gasteiger partial charge >= 0.3 is 10.2 Å². The van der Waals surface area contributed by atoms with Crippen LogP contribution in [-0.2, 0) is 21.6 Å². The normalized spacial score (nSPS) is 2.17. The molecule has 0 bridgehead atoms. The van der Waals surface area contributed by atoms with Crippen LogP contribution >= 0.6 is 0 Å². The molecule has 0 aliphatic carbocycles. The monoisotopic (exact) mass is 232 g/mol. The molecule has 83 valence electrons. The molecule has 12 heavy (non-hydrogen) atoms. The smallest absolute Gasteiger partial charge is 0.291 e. The van der Waals surface area contributed by atoms with Crippen LogP contribution in [0.5, 0.6) is 0 Å². The Kier molecular flexibility index (Phi) is 1730. The third-order valence-corrected chi connectivity index (χ3v) is 0. The quantitative estimate of drug-likeness (QED) is 0.373. The van der Waals surface area contributed by atoms with Crippen LogP contribution in [0.2, 0.25) is 0 Å². The van der Waals surface area contributed by atoms with Crippen molar-refractivity contribution in [3.8, 4) is 0 Å². The molecule has 0 saturated carbocycles. The third-order valence-electron chi connectivity index (χ3n) is 0. The molecule has 0 saturated heterocycles. The molecule has 0 aromatic carbocycles. The zero-order valence-corrected chi connectivity index (χ0v) is 6.83. The van der Waals surface area contributed by atoms with Crippen LogP contribution in [0.4, 0.5) is 0 Å². The van der Waals surface area contributed by atoms with Crippen LogP contribution in [0.1, 0.15) is 0 Å². The summed E-state index contributed by atoms with van der Waals surface area (Å²) < 4.78 is 7.25. The van der Waals surface area contributed by atoms with Crippen LogP contribution in [-0.4, -0.2) is 10.3 Å². The van der Waals surface area contributed by atoms with E-state index in [1.54, 1.807) is 0 Å². The molecule has 0 fully saturated rings. The number of hydrogen-bond acceptors (Lipinski definition) is 3. The molecular formula is H11CoN7O4-4. The van der Waals surface area contributed by atoms with Gasteiger partial charge in [0.25, 0.3) is 5.09 Å². The van der Waals surface area contributed by atoms with Gasteiger partial charge in [-0.25, -0.2) is 0 Å². The second-order valence-corrected chi connectivity index (χ2v) is 0.238. The first kappa shape index (κ1) is 115. The Morgan fingerprint density at radius 2 is 1.08 bits per heavy atom. The first-order chi connectivity index (χ1) is 2.73. The van der Waals surface area contributed by atoms with Crippen molar-refractivity contribution in [1.82, 2.24) is 0 Å². The molecule has 0 aromatic rings. The van der Waals surface area contributed by atoms with Crippen molar-refractivity contribution in [3.63, 3.8) is 0 Å². The van der Waals surface area contributed by atoms with Crippen LogP contribution in [0.15, 0.2) is 0 Å². The summed E-state index contributed by atoms with van der Waals surface area (Å²) in [6.45, 7) is 0. The second-order valence-electron chi connectivity index (χ2n) is 0.238. The summed E-state index contributed by atoms with van der Waals surface area (Å²) in [6, 6.07) is 0. The molecule has 11 N–H and O–H groups in total. The van der Waals surface area contributed by atoms with E-state index in [0.717, 1.165) is 0 Å². The Hall–Kier alpha value is -0.824. The molecule has 0 unspecified atom stereocenters. The van der Waals surface area contributed by atoms with Gasteiger partial charge in [-0.2, -0.15) is 0 Å². The summed E-state index contributed by atoms with van der Waals surface area (Å²) >= 11 is 0.